The van der Waals surface area contributed by atoms with E-state index >= 15 is 0 Å². The number of carbonyl (C=O) groups excluding carboxylic acids is 3. The van der Waals surface area contributed by atoms with E-state index in [0.717, 1.165) is 33.2 Å². The number of nitrogens with zero attached hydrogens (tertiary/aromatic N) is 2. The monoisotopic (exact) mass is 621 g/mol. The molecule has 8 nitrogen and oxygen atoms in total. The summed E-state index contributed by atoms with van der Waals surface area (Å²) in [5.41, 5.74) is 2.96. The van der Waals surface area contributed by atoms with Crippen LogP contribution in [-0.2, 0) is 20.9 Å². The minimum atomic E-state index is -0.757. The van der Waals surface area contributed by atoms with Crippen molar-refractivity contribution in [1.29, 1.82) is 0 Å². The molecule has 3 atom stereocenters. The van der Waals surface area contributed by atoms with Crippen LogP contribution in [0.1, 0.15) is 21.9 Å². The van der Waals surface area contributed by atoms with Crippen LogP contribution >= 0.6 is 23.1 Å². The molecule has 1 saturated heterocycles. The molecule has 0 bridgehead atoms. The zero-order chi connectivity index (χ0) is 30.5. The van der Waals surface area contributed by atoms with Gasteiger partial charge in [-0.05, 0) is 59.7 Å². The lowest BCUT2D eigenvalue weighted by atomic mass is 9.83. The van der Waals surface area contributed by atoms with Crippen LogP contribution in [0.5, 0.6) is 5.75 Å². The molecule has 0 aliphatic carbocycles. The summed E-state index contributed by atoms with van der Waals surface area (Å²) in [7, 11) is 1.58. The number of carbonyl (C=O) groups is 3. The Morgan fingerprint density at radius 3 is 2.34 bits per heavy atom. The number of hydrogen-bond donors (Lipinski definition) is 1. The van der Waals surface area contributed by atoms with Gasteiger partial charge in [0.1, 0.15) is 17.5 Å². The molecular formula is C34H27N3O5S2. The molecular weight excluding hydrogens is 595 g/mol. The summed E-state index contributed by atoms with van der Waals surface area (Å²) >= 11 is 2.23. The first-order valence-electron chi connectivity index (χ1n) is 14.1. The Kier molecular flexibility index (Phi) is 7.10. The van der Waals surface area contributed by atoms with Crippen LogP contribution in [0.2, 0.25) is 0 Å². The van der Waals surface area contributed by atoms with E-state index in [9.17, 15) is 19.2 Å². The Hall–Kier alpha value is -4.67. The van der Waals surface area contributed by atoms with Crippen molar-refractivity contribution < 1.29 is 19.1 Å². The van der Waals surface area contributed by atoms with Gasteiger partial charge in [0.25, 0.3) is 0 Å². The third kappa shape index (κ3) is 4.80. The molecule has 5 aromatic rings. The van der Waals surface area contributed by atoms with E-state index in [0.29, 0.717) is 27.0 Å². The summed E-state index contributed by atoms with van der Waals surface area (Å²) in [4.78, 5) is 56.3. The van der Waals surface area contributed by atoms with Gasteiger partial charge in [0, 0.05) is 16.5 Å². The maximum Gasteiger partial charge on any atom is 0.308 e. The molecule has 2 aliphatic heterocycles. The third-order valence-corrected chi connectivity index (χ3v) is 10.8. The molecule has 10 heteroatoms. The van der Waals surface area contributed by atoms with Crippen LogP contribution < -0.4 is 19.8 Å². The fourth-order valence-electron chi connectivity index (χ4n) is 5.99. The molecule has 2 aliphatic rings. The molecule has 220 valence electrons. The summed E-state index contributed by atoms with van der Waals surface area (Å²) in [6.45, 7) is 1.72. The largest absolute Gasteiger partial charge is 0.497 e. The first-order valence-corrected chi connectivity index (χ1v) is 15.8. The fraction of sp³-hybridized carbons (Fsp3) is 0.176. The molecule has 0 unspecified atom stereocenters. The number of nitrogens with one attached hydrogen (secondary N) is 1. The van der Waals surface area contributed by atoms with Crippen LogP contribution in [0.25, 0.3) is 10.8 Å². The maximum absolute atomic E-state index is 14.0. The van der Waals surface area contributed by atoms with Gasteiger partial charge in [-0.25, -0.2) is 4.90 Å². The molecule has 3 heterocycles. The number of anilines is 2. The second-order valence-corrected chi connectivity index (χ2v) is 13.0. The number of aryl methyl sites for hydroxylation is 1. The number of aromatic nitrogens is 1. The highest BCUT2D eigenvalue weighted by atomic mass is 32.2. The van der Waals surface area contributed by atoms with Crippen molar-refractivity contribution in [3.05, 3.63) is 117 Å². The third-order valence-electron chi connectivity index (χ3n) is 8.15. The van der Waals surface area contributed by atoms with Gasteiger partial charge in [-0.1, -0.05) is 83.3 Å². The number of amides is 3. The van der Waals surface area contributed by atoms with E-state index in [-0.39, 0.29) is 29.1 Å². The van der Waals surface area contributed by atoms with Gasteiger partial charge in [0.05, 0.1) is 23.7 Å². The van der Waals surface area contributed by atoms with Gasteiger partial charge in [-0.15, -0.1) is 0 Å². The van der Waals surface area contributed by atoms with E-state index in [4.69, 9.17) is 4.74 Å². The van der Waals surface area contributed by atoms with Gasteiger partial charge in [-0.2, -0.15) is 0 Å². The Balaban J connectivity index is 1.26. The minimum absolute atomic E-state index is 0.221. The fourth-order valence-corrected chi connectivity index (χ4v) is 8.76. The summed E-state index contributed by atoms with van der Waals surface area (Å²) in [6.07, 6.45) is 0. The molecule has 44 heavy (non-hydrogen) atoms. The van der Waals surface area contributed by atoms with Crippen LogP contribution in [-0.4, -0.2) is 34.6 Å². The highest BCUT2D eigenvalue weighted by Crippen LogP contribution is 2.54. The predicted molar refractivity (Wildman–Crippen MR) is 173 cm³/mol. The Labute approximate surface area is 261 Å². The van der Waals surface area contributed by atoms with Crippen molar-refractivity contribution in [3.63, 3.8) is 0 Å². The molecule has 0 radical (unpaired) electrons. The number of thioether (sulfide) groups is 1. The van der Waals surface area contributed by atoms with E-state index < -0.39 is 17.1 Å². The van der Waals surface area contributed by atoms with E-state index in [1.165, 1.54) is 21.2 Å². The SMILES string of the molecule is COc1ccc([C@@H]2c3sc(=O)n(CC(=O)Nc4ccc5ccccc5c4)c3S[C@H]3C(=O)N(c4ccc(C)cc4)C(=O)[C@@H]23)cc1. The van der Waals surface area contributed by atoms with Crippen molar-refractivity contribution in [2.45, 2.75) is 29.7 Å². The highest BCUT2D eigenvalue weighted by molar-refractivity contribution is 8.00. The molecule has 1 aromatic heterocycles. The molecule has 1 N–H and O–H groups in total. The summed E-state index contributed by atoms with van der Waals surface area (Å²) in [5, 5.41) is 4.74. The second-order valence-electron chi connectivity index (χ2n) is 10.9. The normalized spacial score (nSPS) is 19.1. The van der Waals surface area contributed by atoms with Gasteiger partial charge < -0.3 is 10.1 Å². The first-order chi connectivity index (χ1) is 21.3. The number of ether oxygens (including phenoxy) is 1. The Morgan fingerprint density at radius 2 is 1.61 bits per heavy atom. The molecule has 3 amide bonds. The lowest BCUT2D eigenvalue weighted by Gasteiger charge is -2.30. The summed E-state index contributed by atoms with van der Waals surface area (Å²) in [5.74, 6) is -1.60. The number of thiazole rings is 1. The van der Waals surface area contributed by atoms with E-state index in [1.54, 1.807) is 19.2 Å². The smallest absolute Gasteiger partial charge is 0.308 e. The van der Waals surface area contributed by atoms with Crippen LogP contribution in [0.4, 0.5) is 11.4 Å². The number of hydrogen-bond acceptors (Lipinski definition) is 7. The summed E-state index contributed by atoms with van der Waals surface area (Å²) < 4.78 is 6.78. The average molecular weight is 622 g/mol. The van der Waals surface area contributed by atoms with Crippen LogP contribution in [0.3, 0.4) is 0 Å². The van der Waals surface area contributed by atoms with Gasteiger partial charge in [-0.3, -0.25) is 23.7 Å². The van der Waals surface area contributed by atoms with Gasteiger partial charge in [0.15, 0.2) is 0 Å². The topological polar surface area (TPSA) is 97.7 Å². The lowest BCUT2D eigenvalue weighted by molar-refractivity contribution is -0.122. The quantitative estimate of drug-likeness (QED) is 0.240. The second kappa shape index (κ2) is 11.1. The van der Waals surface area contributed by atoms with Crippen molar-refractivity contribution in [2.75, 3.05) is 17.3 Å². The molecule has 4 aromatic carbocycles. The zero-order valence-corrected chi connectivity index (χ0v) is 25.5. The predicted octanol–water partition coefficient (Wildman–Crippen LogP) is 5.81. The van der Waals surface area contributed by atoms with Gasteiger partial charge in [0.2, 0.25) is 17.7 Å². The van der Waals surface area contributed by atoms with Crippen molar-refractivity contribution in [1.82, 2.24) is 4.57 Å². The van der Waals surface area contributed by atoms with Crippen LogP contribution in [0, 0.1) is 12.8 Å². The van der Waals surface area contributed by atoms with Crippen molar-refractivity contribution in [3.8, 4) is 5.75 Å². The zero-order valence-electron chi connectivity index (χ0n) is 23.9. The van der Waals surface area contributed by atoms with Gasteiger partial charge >= 0.3 is 4.87 Å². The lowest BCUT2D eigenvalue weighted by Crippen LogP contribution is -2.33. The Morgan fingerprint density at radius 1 is 0.886 bits per heavy atom. The molecule has 0 spiro atoms. The van der Waals surface area contributed by atoms with Crippen LogP contribution in [0.15, 0.2) is 101 Å². The standard InChI is InChI=1S/C34H27N3O5S2/c1-19-7-13-24(14-8-19)37-31(39)28-27(21-10-15-25(42-2)16-11-21)30-33(43-29(28)32(37)40)36(34(41)44-30)18-26(38)35-23-12-9-20-5-3-4-6-22(20)17-23/h3-17,27-29H,18H2,1-2H3,(H,35,38)/t27-,28-,29+/m0/s1. The van der Waals surface area contributed by atoms with E-state index in [2.05, 4.69) is 5.32 Å². The Bertz CT molecular complexity index is 2000. The highest BCUT2D eigenvalue weighted by Gasteiger charge is 2.56. The number of benzene rings is 4. The minimum Gasteiger partial charge on any atom is -0.497 e. The molecule has 0 saturated carbocycles. The maximum atomic E-state index is 14.0. The summed E-state index contributed by atoms with van der Waals surface area (Å²) in [6, 6.07) is 28.1. The first kappa shape index (κ1) is 28.1. The average Bonchev–Trinajstić information content (AvgIpc) is 3.47. The van der Waals surface area contributed by atoms with E-state index in [1.807, 2.05) is 85.8 Å². The van der Waals surface area contributed by atoms with Crippen molar-refractivity contribution >= 4 is 63.0 Å². The number of methoxy groups -OCH3 is 1. The number of fused-ring (bicyclic) bond motifs is 3. The molecule has 7 rings (SSSR count). The number of imide groups is 1. The number of rotatable bonds is 6. The molecule has 1 fully saturated rings. The van der Waals surface area contributed by atoms with Crippen molar-refractivity contribution in [2.24, 2.45) is 5.92 Å².